The van der Waals surface area contributed by atoms with Crippen molar-refractivity contribution in [1.29, 1.82) is 0 Å². The lowest BCUT2D eigenvalue weighted by Gasteiger charge is -2.37. The number of likely N-dealkylation sites (tertiary alicyclic amines) is 1. The molecule has 0 unspecified atom stereocenters. The number of aromatic nitrogens is 1. The Bertz CT molecular complexity index is 1040. The van der Waals surface area contributed by atoms with Gasteiger partial charge in [-0.25, -0.2) is 9.37 Å². The summed E-state index contributed by atoms with van der Waals surface area (Å²) in [7, 11) is 0. The maximum absolute atomic E-state index is 15.1. The lowest BCUT2D eigenvalue weighted by atomic mass is 9.91. The summed E-state index contributed by atoms with van der Waals surface area (Å²) in [6.07, 6.45) is -4.49. The standard InChI is InChI=1S/C24H28F4N4O2/c1-22(2,3)31-21(34)23(25)10-12-32(13-11-23)15-16-6-4-7-17(14-16)29-20(33)18-8-5-9-19(30-18)24(26,27)28/h4-9,14H,10-13,15H2,1-3H3,(H,29,33)(H,31,34). The molecule has 0 bridgehead atoms. The van der Waals surface area contributed by atoms with Gasteiger partial charge in [0.05, 0.1) is 0 Å². The number of halogens is 4. The summed E-state index contributed by atoms with van der Waals surface area (Å²) in [5.41, 5.74) is -2.66. The maximum atomic E-state index is 15.1. The van der Waals surface area contributed by atoms with Crippen LogP contribution in [0.2, 0.25) is 0 Å². The quantitative estimate of drug-likeness (QED) is 0.615. The van der Waals surface area contributed by atoms with E-state index in [1.54, 1.807) is 39.0 Å². The molecule has 2 N–H and O–H groups in total. The molecule has 10 heteroatoms. The lowest BCUT2D eigenvalue weighted by molar-refractivity contribution is -0.141. The highest BCUT2D eigenvalue weighted by Crippen LogP contribution is 2.29. The smallest absolute Gasteiger partial charge is 0.349 e. The Kier molecular flexibility index (Phi) is 7.30. The first-order valence-corrected chi connectivity index (χ1v) is 10.9. The van der Waals surface area contributed by atoms with Crippen LogP contribution in [0.3, 0.4) is 0 Å². The van der Waals surface area contributed by atoms with Gasteiger partial charge in [-0.2, -0.15) is 13.2 Å². The second-order valence-electron chi connectivity index (χ2n) is 9.51. The van der Waals surface area contributed by atoms with Crippen molar-refractivity contribution >= 4 is 17.5 Å². The Morgan fingerprint density at radius 2 is 1.71 bits per heavy atom. The number of hydrogen-bond donors (Lipinski definition) is 2. The highest BCUT2D eigenvalue weighted by Gasteiger charge is 2.42. The van der Waals surface area contributed by atoms with E-state index >= 15 is 4.39 Å². The highest BCUT2D eigenvalue weighted by molar-refractivity contribution is 6.02. The number of carbonyl (C=O) groups excluding carboxylic acids is 2. The predicted molar refractivity (Wildman–Crippen MR) is 120 cm³/mol. The van der Waals surface area contributed by atoms with Gasteiger partial charge in [-0.15, -0.1) is 0 Å². The monoisotopic (exact) mass is 480 g/mol. The van der Waals surface area contributed by atoms with Gasteiger partial charge in [0.25, 0.3) is 11.8 Å². The van der Waals surface area contributed by atoms with Crippen molar-refractivity contribution in [2.75, 3.05) is 18.4 Å². The van der Waals surface area contributed by atoms with Crippen LogP contribution < -0.4 is 10.6 Å². The summed E-state index contributed by atoms with van der Waals surface area (Å²) in [5, 5.41) is 5.27. The van der Waals surface area contributed by atoms with Crippen LogP contribution >= 0.6 is 0 Å². The average Bonchev–Trinajstić information content (AvgIpc) is 2.74. The second-order valence-corrected chi connectivity index (χ2v) is 9.51. The van der Waals surface area contributed by atoms with Crippen molar-refractivity contribution in [2.45, 2.75) is 57.5 Å². The van der Waals surface area contributed by atoms with Crippen molar-refractivity contribution < 1.29 is 27.2 Å². The maximum Gasteiger partial charge on any atom is 0.433 e. The van der Waals surface area contributed by atoms with Gasteiger partial charge in [-0.3, -0.25) is 14.5 Å². The second kappa shape index (κ2) is 9.69. The molecule has 1 aromatic heterocycles. The first-order chi connectivity index (χ1) is 15.7. The zero-order valence-corrected chi connectivity index (χ0v) is 19.3. The fraction of sp³-hybridized carbons (Fsp3) is 0.458. The van der Waals surface area contributed by atoms with E-state index in [1.165, 1.54) is 6.07 Å². The Balaban J connectivity index is 1.59. The minimum atomic E-state index is -4.64. The number of pyridine rings is 1. The fourth-order valence-electron chi connectivity index (χ4n) is 3.67. The van der Waals surface area contributed by atoms with Gasteiger partial charge in [0.2, 0.25) is 0 Å². The number of alkyl halides is 4. The van der Waals surface area contributed by atoms with Crippen molar-refractivity contribution in [2.24, 2.45) is 0 Å². The topological polar surface area (TPSA) is 74.3 Å². The number of amides is 2. The van der Waals surface area contributed by atoms with Gasteiger partial charge in [0, 0.05) is 43.7 Å². The molecular weight excluding hydrogens is 452 g/mol. The molecule has 1 aromatic carbocycles. The summed E-state index contributed by atoms with van der Waals surface area (Å²) < 4.78 is 53.7. The van der Waals surface area contributed by atoms with Gasteiger partial charge >= 0.3 is 6.18 Å². The molecule has 1 saturated heterocycles. The van der Waals surface area contributed by atoms with Gasteiger partial charge in [-0.05, 0) is 50.6 Å². The molecule has 0 saturated carbocycles. The van der Waals surface area contributed by atoms with Crippen LogP contribution in [-0.4, -0.2) is 46.0 Å². The molecule has 2 aromatic rings. The Morgan fingerprint density at radius 1 is 1.06 bits per heavy atom. The third kappa shape index (κ3) is 6.75. The number of benzene rings is 1. The van der Waals surface area contributed by atoms with Gasteiger partial charge < -0.3 is 10.6 Å². The first-order valence-electron chi connectivity index (χ1n) is 10.9. The van der Waals surface area contributed by atoms with E-state index in [9.17, 15) is 22.8 Å². The fourth-order valence-corrected chi connectivity index (χ4v) is 3.67. The zero-order chi connectivity index (χ0) is 25.1. The molecule has 1 fully saturated rings. The number of hydrogen-bond acceptors (Lipinski definition) is 4. The van der Waals surface area contributed by atoms with Crippen LogP contribution in [0, 0.1) is 0 Å². The van der Waals surface area contributed by atoms with Crippen molar-refractivity contribution in [3.63, 3.8) is 0 Å². The SMILES string of the molecule is CC(C)(C)NC(=O)C1(F)CCN(Cc2cccc(NC(=O)c3cccc(C(F)(F)F)n3)c2)CC1. The normalized spacial score (nSPS) is 16.7. The number of carbonyl (C=O) groups is 2. The highest BCUT2D eigenvalue weighted by atomic mass is 19.4. The molecule has 184 valence electrons. The molecule has 1 aliphatic rings. The molecule has 0 atom stereocenters. The van der Waals surface area contributed by atoms with E-state index in [-0.39, 0.29) is 18.5 Å². The number of nitrogens with zero attached hydrogens (tertiary/aromatic N) is 2. The molecule has 2 heterocycles. The van der Waals surface area contributed by atoms with Crippen LogP contribution in [0.1, 0.15) is 55.4 Å². The zero-order valence-electron chi connectivity index (χ0n) is 19.3. The van der Waals surface area contributed by atoms with Crippen LogP contribution in [0.25, 0.3) is 0 Å². The van der Waals surface area contributed by atoms with Gasteiger partial charge in [-0.1, -0.05) is 18.2 Å². The molecular formula is C24H28F4N4O2. The van der Waals surface area contributed by atoms with Crippen LogP contribution in [0.15, 0.2) is 42.5 Å². The summed E-state index contributed by atoms with van der Waals surface area (Å²) >= 11 is 0. The molecule has 0 aliphatic carbocycles. The summed E-state index contributed by atoms with van der Waals surface area (Å²) in [5.74, 6) is -1.35. The van der Waals surface area contributed by atoms with Crippen molar-refractivity contribution in [3.05, 3.63) is 59.4 Å². The molecule has 3 rings (SSSR count). The van der Waals surface area contributed by atoms with E-state index in [4.69, 9.17) is 0 Å². The van der Waals surface area contributed by atoms with Gasteiger partial charge in [0.15, 0.2) is 5.67 Å². The van der Waals surface area contributed by atoms with Crippen LogP contribution in [0.4, 0.5) is 23.2 Å². The molecule has 6 nitrogen and oxygen atoms in total. The Labute approximate surface area is 195 Å². The minimum Gasteiger partial charge on any atom is -0.349 e. The summed E-state index contributed by atoms with van der Waals surface area (Å²) in [6, 6.07) is 10.0. The lowest BCUT2D eigenvalue weighted by Crippen LogP contribution is -2.55. The molecule has 0 radical (unpaired) electrons. The average molecular weight is 481 g/mol. The van der Waals surface area contributed by atoms with Crippen molar-refractivity contribution in [3.8, 4) is 0 Å². The largest absolute Gasteiger partial charge is 0.433 e. The van der Waals surface area contributed by atoms with Crippen molar-refractivity contribution in [1.82, 2.24) is 15.2 Å². The summed E-state index contributed by atoms with van der Waals surface area (Å²) in [4.78, 5) is 30.1. The number of rotatable bonds is 5. The molecule has 34 heavy (non-hydrogen) atoms. The molecule has 0 spiro atoms. The van der Waals surface area contributed by atoms with E-state index < -0.39 is 34.9 Å². The Hall–Kier alpha value is -3.01. The van der Waals surface area contributed by atoms with E-state index in [0.29, 0.717) is 25.3 Å². The molecule has 1 aliphatic heterocycles. The van der Waals surface area contributed by atoms with Crippen LogP contribution in [-0.2, 0) is 17.5 Å². The van der Waals surface area contributed by atoms with Gasteiger partial charge in [0.1, 0.15) is 11.4 Å². The third-order valence-corrected chi connectivity index (χ3v) is 5.41. The molecule has 2 amide bonds. The Morgan fingerprint density at radius 3 is 2.32 bits per heavy atom. The van der Waals surface area contributed by atoms with E-state index in [0.717, 1.165) is 17.7 Å². The van der Waals surface area contributed by atoms with E-state index in [2.05, 4.69) is 15.6 Å². The minimum absolute atomic E-state index is 0.0759. The third-order valence-electron chi connectivity index (χ3n) is 5.41. The predicted octanol–water partition coefficient (Wildman–Crippen LogP) is 4.57. The summed E-state index contributed by atoms with van der Waals surface area (Å²) in [6.45, 7) is 6.66. The number of piperidine rings is 1. The van der Waals surface area contributed by atoms with Crippen LogP contribution in [0.5, 0.6) is 0 Å². The first kappa shape index (κ1) is 25.6. The number of nitrogens with one attached hydrogen (secondary N) is 2. The number of anilines is 1. The van der Waals surface area contributed by atoms with E-state index in [1.807, 2.05) is 11.0 Å².